The Kier molecular flexibility index (Phi) is 16.5. The molecule has 0 aliphatic heterocycles. The molecule has 6 N–H and O–H groups in total. The summed E-state index contributed by atoms with van der Waals surface area (Å²) in [6, 6.07) is -1.24. The zero-order valence-electron chi connectivity index (χ0n) is 13.2. The van der Waals surface area contributed by atoms with Crippen molar-refractivity contribution in [2.45, 2.75) is 32.4 Å². The second kappa shape index (κ2) is 13.9. The number of aliphatic hydroxyl groups excluding tert-OH is 3. The molecule has 0 aromatic rings. The number of hydrogen-bond donors (Lipinski definition) is 5. The van der Waals surface area contributed by atoms with Gasteiger partial charge in [-0.3, -0.25) is 4.79 Å². The maximum absolute atomic E-state index is 11.2. The molecule has 0 saturated heterocycles. The van der Waals surface area contributed by atoms with Crippen LogP contribution in [0, 0.1) is 5.41 Å². The van der Waals surface area contributed by atoms with Crippen molar-refractivity contribution >= 4 is 55.6 Å². The molecule has 10 nitrogen and oxygen atoms in total. The van der Waals surface area contributed by atoms with Gasteiger partial charge in [0.15, 0.2) is 0 Å². The number of carboxylic acid groups (broad SMARTS) is 2. The Morgan fingerprint density at radius 2 is 1.70 bits per heavy atom. The van der Waals surface area contributed by atoms with Crippen molar-refractivity contribution in [3.05, 3.63) is 0 Å². The molecule has 23 heavy (non-hydrogen) atoms. The second-order valence-electron chi connectivity index (χ2n) is 5.07. The van der Waals surface area contributed by atoms with Gasteiger partial charge in [0, 0.05) is 24.3 Å². The van der Waals surface area contributed by atoms with E-state index in [1.165, 1.54) is 13.8 Å². The van der Waals surface area contributed by atoms with E-state index in [1.54, 1.807) is 0 Å². The number of carboxylic acids is 2. The van der Waals surface area contributed by atoms with Gasteiger partial charge in [-0.1, -0.05) is 13.8 Å². The monoisotopic (exact) mass is 362 g/mol. The third kappa shape index (κ3) is 13.6. The molecule has 1 unspecified atom stereocenters. The topological polar surface area (TPSA) is 196 Å². The molecular weight excluding hydrogens is 340 g/mol. The predicted octanol–water partition coefficient (Wildman–Crippen LogP) is -5.70. The summed E-state index contributed by atoms with van der Waals surface area (Å²) in [6.45, 7) is 2.04. The summed E-state index contributed by atoms with van der Waals surface area (Å²) < 4.78 is 0. The first-order valence-electron chi connectivity index (χ1n) is 6.33. The van der Waals surface area contributed by atoms with E-state index in [1.807, 2.05) is 0 Å². The molecule has 0 aliphatic carbocycles. The van der Waals surface area contributed by atoms with Crippen molar-refractivity contribution < 1.29 is 39.9 Å². The Balaban J connectivity index is -0.000000425. The van der Waals surface area contributed by atoms with E-state index in [9.17, 15) is 29.7 Å². The standard InChI is InChI=1S/C9H17NO5.C3H7NO3.Ca/c1-9(2,5-11)7(14)8(15)10-4-3-6(12)13;4-2(1-5)3(6)7;/h7,11,14H,3-5H2,1-2H3,(H,10,15)(H,12,13);2,5H,1,4H2,(H,6,7);/q;;+2/p-2/t;2-;/m.0./s1. The van der Waals surface area contributed by atoms with Crippen LogP contribution in [0.15, 0.2) is 0 Å². The molecule has 2 atom stereocenters. The van der Waals surface area contributed by atoms with E-state index >= 15 is 0 Å². The summed E-state index contributed by atoms with van der Waals surface area (Å²) in [5.41, 5.74) is 3.75. The Morgan fingerprint density at radius 1 is 1.22 bits per heavy atom. The Labute approximate surface area is 163 Å². The summed E-state index contributed by atoms with van der Waals surface area (Å²) >= 11 is 0. The summed E-state index contributed by atoms with van der Waals surface area (Å²) in [6.07, 6.45) is -1.68. The molecule has 1 amide bonds. The average molecular weight is 362 g/mol. The first-order chi connectivity index (χ1) is 9.99. The number of nitrogens with two attached hydrogens (primary N) is 1. The second-order valence-corrected chi connectivity index (χ2v) is 5.07. The Morgan fingerprint density at radius 3 is 1.96 bits per heavy atom. The van der Waals surface area contributed by atoms with Crippen LogP contribution in [-0.4, -0.2) is 103 Å². The van der Waals surface area contributed by atoms with Crippen molar-refractivity contribution in [1.82, 2.24) is 5.32 Å². The van der Waals surface area contributed by atoms with Crippen molar-refractivity contribution in [3.8, 4) is 0 Å². The van der Waals surface area contributed by atoms with Crippen molar-refractivity contribution in [2.75, 3.05) is 19.8 Å². The van der Waals surface area contributed by atoms with Crippen LogP contribution in [0.1, 0.15) is 20.3 Å². The summed E-state index contributed by atoms with van der Waals surface area (Å²) in [5, 5.41) is 48.1. The number of amides is 1. The Hall–Kier alpha value is -0.490. The molecule has 0 saturated carbocycles. The fourth-order valence-electron chi connectivity index (χ4n) is 0.900. The fraction of sp³-hybridized carbons (Fsp3) is 0.750. The van der Waals surface area contributed by atoms with E-state index < -0.39 is 42.0 Å². The van der Waals surface area contributed by atoms with E-state index in [2.05, 4.69) is 5.32 Å². The molecule has 0 radical (unpaired) electrons. The summed E-state index contributed by atoms with van der Waals surface area (Å²) in [7, 11) is 0. The van der Waals surface area contributed by atoms with Crippen LogP contribution < -0.4 is 21.3 Å². The van der Waals surface area contributed by atoms with Crippen molar-refractivity contribution in [3.63, 3.8) is 0 Å². The maximum atomic E-state index is 11.2. The van der Waals surface area contributed by atoms with Crippen LogP contribution in [0.4, 0.5) is 0 Å². The number of carbonyl (C=O) groups excluding carboxylic acids is 3. The van der Waals surface area contributed by atoms with Crippen molar-refractivity contribution in [2.24, 2.45) is 11.1 Å². The normalized spacial score (nSPS) is 12.8. The fourth-order valence-corrected chi connectivity index (χ4v) is 0.900. The van der Waals surface area contributed by atoms with E-state index in [0.29, 0.717) is 0 Å². The van der Waals surface area contributed by atoms with Crippen LogP contribution in [0.5, 0.6) is 0 Å². The summed E-state index contributed by atoms with van der Waals surface area (Å²) in [5.74, 6) is -3.40. The van der Waals surface area contributed by atoms with Crippen LogP contribution in [-0.2, 0) is 14.4 Å². The average Bonchev–Trinajstić information content (AvgIpc) is 2.45. The molecule has 0 heterocycles. The number of nitrogens with one attached hydrogen (secondary N) is 1. The number of aliphatic hydroxyl groups is 3. The van der Waals surface area contributed by atoms with Crippen LogP contribution in [0.2, 0.25) is 0 Å². The van der Waals surface area contributed by atoms with Gasteiger partial charge in [-0.25, -0.2) is 0 Å². The molecule has 0 spiro atoms. The molecule has 0 rings (SSSR count). The van der Waals surface area contributed by atoms with Gasteiger partial charge < -0.3 is 46.2 Å². The minimum absolute atomic E-state index is 0. The molecule has 130 valence electrons. The van der Waals surface area contributed by atoms with Gasteiger partial charge in [0.2, 0.25) is 5.91 Å². The molecule has 0 aromatic heterocycles. The number of rotatable bonds is 8. The molecule has 11 heteroatoms. The van der Waals surface area contributed by atoms with E-state index in [-0.39, 0.29) is 57.3 Å². The molecular formula is C12H22CaN2O8. The largest absolute Gasteiger partial charge is 2.00 e. The van der Waals surface area contributed by atoms with Gasteiger partial charge in [0.1, 0.15) is 6.10 Å². The van der Waals surface area contributed by atoms with Crippen LogP contribution >= 0.6 is 0 Å². The maximum Gasteiger partial charge on any atom is 2.00 e. The quantitative estimate of drug-likeness (QED) is 0.261. The van der Waals surface area contributed by atoms with Crippen LogP contribution in [0.25, 0.3) is 0 Å². The summed E-state index contributed by atoms with van der Waals surface area (Å²) in [4.78, 5) is 30.8. The van der Waals surface area contributed by atoms with Gasteiger partial charge in [-0.2, -0.15) is 0 Å². The number of carbonyl (C=O) groups is 3. The first-order valence-corrected chi connectivity index (χ1v) is 6.33. The zero-order valence-corrected chi connectivity index (χ0v) is 15.4. The molecule has 0 aliphatic rings. The van der Waals surface area contributed by atoms with Crippen molar-refractivity contribution in [1.29, 1.82) is 0 Å². The number of hydrogen-bond acceptors (Lipinski definition) is 9. The zero-order chi connectivity index (χ0) is 17.9. The molecule has 0 bridgehead atoms. The van der Waals surface area contributed by atoms with Gasteiger partial charge >= 0.3 is 37.7 Å². The number of aliphatic carboxylic acids is 2. The van der Waals surface area contributed by atoms with Crippen LogP contribution in [0.3, 0.4) is 0 Å². The third-order valence-electron chi connectivity index (χ3n) is 2.52. The minimum atomic E-state index is -1.43. The van der Waals surface area contributed by atoms with E-state index in [0.717, 1.165) is 0 Å². The van der Waals surface area contributed by atoms with Gasteiger partial charge in [-0.15, -0.1) is 0 Å². The van der Waals surface area contributed by atoms with Gasteiger partial charge in [0.05, 0.1) is 25.2 Å². The Bertz CT molecular complexity index is 378. The van der Waals surface area contributed by atoms with Gasteiger partial charge in [0.25, 0.3) is 0 Å². The third-order valence-corrected chi connectivity index (χ3v) is 2.52. The molecule has 0 fully saturated rings. The predicted molar refractivity (Wildman–Crippen MR) is 75.3 cm³/mol. The first kappa shape index (κ1) is 27.4. The van der Waals surface area contributed by atoms with E-state index in [4.69, 9.17) is 15.9 Å². The smallest absolute Gasteiger partial charge is 0.550 e. The SMILES string of the molecule is CC(C)(CO)C(O)C(=O)NCCC(=O)[O-].N[C@@H](CO)C(=O)[O-].[Ca+2]. The molecule has 0 aromatic carbocycles. The minimum Gasteiger partial charge on any atom is -0.550 e. The van der Waals surface area contributed by atoms with Gasteiger partial charge in [-0.05, 0) is 0 Å².